The van der Waals surface area contributed by atoms with Gasteiger partial charge in [0.05, 0.1) is 5.92 Å². The predicted molar refractivity (Wildman–Crippen MR) is 67.5 cm³/mol. The van der Waals surface area contributed by atoms with E-state index in [-0.39, 0.29) is 12.3 Å². The van der Waals surface area contributed by atoms with Crippen molar-refractivity contribution in [2.75, 3.05) is 18.0 Å². The first-order chi connectivity index (χ1) is 8.59. The zero-order valence-electron chi connectivity index (χ0n) is 10.0. The number of aliphatic carboxylic acids is 1. The summed E-state index contributed by atoms with van der Waals surface area (Å²) in [5.74, 6) is -1.59. The van der Waals surface area contributed by atoms with Crippen molar-refractivity contribution < 1.29 is 14.7 Å². The SMILES string of the molecule is NC(=O)CCN1CCC(C(=O)O)c2ccccc21. The number of nitrogens with two attached hydrogens (primary N) is 1. The fourth-order valence-electron chi connectivity index (χ4n) is 2.36. The summed E-state index contributed by atoms with van der Waals surface area (Å²) in [6.07, 6.45) is 0.844. The smallest absolute Gasteiger partial charge is 0.311 e. The van der Waals surface area contributed by atoms with Crippen LogP contribution < -0.4 is 10.6 Å². The van der Waals surface area contributed by atoms with Gasteiger partial charge in [-0.15, -0.1) is 0 Å². The molecule has 1 aliphatic heterocycles. The van der Waals surface area contributed by atoms with Crippen molar-refractivity contribution in [2.45, 2.75) is 18.8 Å². The maximum atomic E-state index is 11.2. The van der Waals surface area contributed by atoms with E-state index in [4.69, 9.17) is 5.73 Å². The normalized spacial score (nSPS) is 18.2. The molecule has 1 aromatic carbocycles. The Hall–Kier alpha value is -2.04. The zero-order chi connectivity index (χ0) is 13.1. The fourth-order valence-corrected chi connectivity index (χ4v) is 2.36. The van der Waals surface area contributed by atoms with Gasteiger partial charge in [0, 0.05) is 25.2 Å². The molecule has 0 aromatic heterocycles. The molecule has 0 radical (unpaired) electrons. The molecule has 0 fully saturated rings. The highest BCUT2D eigenvalue weighted by Crippen LogP contribution is 2.35. The lowest BCUT2D eigenvalue weighted by Crippen LogP contribution is -2.35. The highest BCUT2D eigenvalue weighted by molar-refractivity contribution is 5.80. The standard InChI is InChI=1S/C13H16N2O3/c14-12(16)6-8-15-7-5-10(13(17)18)9-3-1-2-4-11(9)15/h1-4,10H,5-8H2,(H2,14,16)(H,17,18). The third kappa shape index (κ3) is 2.45. The quantitative estimate of drug-likeness (QED) is 0.830. The number of rotatable bonds is 4. The number of carboxylic acids is 1. The van der Waals surface area contributed by atoms with E-state index < -0.39 is 11.9 Å². The highest BCUT2D eigenvalue weighted by Gasteiger charge is 2.29. The molecule has 2 rings (SSSR count). The van der Waals surface area contributed by atoms with Crippen molar-refractivity contribution in [3.63, 3.8) is 0 Å². The van der Waals surface area contributed by atoms with Crippen LogP contribution in [-0.4, -0.2) is 30.1 Å². The van der Waals surface area contributed by atoms with E-state index in [9.17, 15) is 14.7 Å². The maximum absolute atomic E-state index is 11.2. The van der Waals surface area contributed by atoms with Crippen LogP contribution in [0.15, 0.2) is 24.3 Å². The van der Waals surface area contributed by atoms with Gasteiger partial charge in [-0.05, 0) is 18.1 Å². The lowest BCUT2D eigenvalue weighted by atomic mass is 9.90. The molecule has 1 heterocycles. The van der Waals surface area contributed by atoms with Gasteiger partial charge < -0.3 is 15.7 Å². The van der Waals surface area contributed by atoms with Crippen LogP contribution in [0.25, 0.3) is 0 Å². The van der Waals surface area contributed by atoms with Crippen LogP contribution in [0.2, 0.25) is 0 Å². The lowest BCUT2D eigenvalue weighted by molar-refractivity contribution is -0.139. The number of benzene rings is 1. The van der Waals surface area contributed by atoms with Gasteiger partial charge in [-0.3, -0.25) is 9.59 Å². The average molecular weight is 248 g/mol. The van der Waals surface area contributed by atoms with Gasteiger partial charge in [-0.2, -0.15) is 0 Å². The van der Waals surface area contributed by atoms with Crippen LogP contribution >= 0.6 is 0 Å². The molecule has 96 valence electrons. The summed E-state index contributed by atoms with van der Waals surface area (Å²) >= 11 is 0. The molecule has 18 heavy (non-hydrogen) atoms. The topological polar surface area (TPSA) is 83.6 Å². The Kier molecular flexibility index (Phi) is 3.50. The average Bonchev–Trinajstić information content (AvgIpc) is 2.35. The molecule has 1 amide bonds. The minimum Gasteiger partial charge on any atom is -0.481 e. The van der Waals surface area contributed by atoms with Crippen LogP contribution in [0.4, 0.5) is 5.69 Å². The number of fused-ring (bicyclic) bond motifs is 1. The van der Waals surface area contributed by atoms with Crippen LogP contribution in [0.1, 0.15) is 24.3 Å². The number of carboxylic acid groups (broad SMARTS) is 1. The molecule has 5 nitrogen and oxygen atoms in total. The maximum Gasteiger partial charge on any atom is 0.311 e. The third-order valence-corrected chi connectivity index (χ3v) is 3.27. The second-order valence-electron chi connectivity index (χ2n) is 4.44. The molecular weight excluding hydrogens is 232 g/mol. The first kappa shape index (κ1) is 12.4. The number of anilines is 1. The van der Waals surface area contributed by atoms with Gasteiger partial charge in [-0.25, -0.2) is 0 Å². The van der Waals surface area contributed by atoms with Crippen molar-refractivity contribution >= 4 is 17.6 Å². The number of carbonyl (C=O) groups is 2. The number of para-hydroxylation sites is 1. The van der Waals surface area contributed by atoms with Gasteiger partial charge in [0.15, 0.2) is 0 Å². The number of primary amides is 1. The van der Waals surface area contributed by atoms with Gasteiger partial charge in [0.25, 0.3) is 0 Å². The van der Waals surface area contributed by atoms with Crippen LogP contribution in [0, 0.1) is 0 Å². The Labute approximate surface area is 105 Å². The minimum atomic E-state index is -0.794. The third-order valence-electron chi connectivity index (χ3n) is 3.27. The summed E-state index contributed by atoms with van der Waals surface area (Å²) < 4.78 is 0. The van der Waals surface area contributed by atoms with Gasteiger partial charge in [0.1, 0.15) is 0 Å². The second kappa shape index (κ2) is 5.08. The number of amides is 1. The molecule has 0 saturated heterocycles. The van der Waals surface area contributed by atoms with Crippen molar-refractivity contribution in [2.24, 2.45) is 5.73 Å². The second-order valence-corrected chi connectivity index (χ2v) is 4.44. The van der Waals surface area contributed by atoms with E-state index in [2.05, 4.69) is 0 Å². The Balaban J connectivity index is 2.24. The van der Waals surface area contributed by atoms with E-state index in [1.807, 2.05) is 29.2 Å². The van der Waals surface area contributed by atoms with Gasteiger partial charge in [-0.1, -0.05) is 18.2 Å². The Morgan fingerprint density at radius 1 is 1.39 bits per heavy atom. The molecule has 1 atom stereocenters. The Morgan fingerprint density at radius 2 is 2.11 bits per heavy atom. The van der Waals surface area contributed by atoms with Crippen molar-refractivity contribution in [1.82, 2.24) is 0 Å². The first-order valence-corrected chi connectivity index (χ1v) is 5.94. The number of nitrogens with zero attached hydrogens (tertiary/aromatic N) is 1. The van der Waals surface area contributed by atoms with Gasteiger partial charge in [0.2, 0.25) is 5.91 Å². The molecule has 0 aliphatic carbocycles. The largest absolute Gasteiger partial charge is 0.481 e. The molecule has 0 bridgehead atoms. The Morgan fingerprint density at radius 3 is 2.78 bits per heavy atom. The highest BCUT2D eigenvalue weighted by atomic mass is 16.4. The number of carbonyl (C=O) groups excluding carboxylic acids is 1. The van der Waals surface area contributed by atoms with E-state index >= 15 is 0 Å². The molecule has 0 spiro atoms. The molecular formula is C13H16N2O3. The number of hydrogen-bond donors (Lipinski definition) is 2. The first-order valence-electron chi connectivity index (χ1n) is 5.94. The van der Waals surface area contributed by atoms with Gasteiger partial charge >= 0.3 is 5.97 Å². The Bertz CT molecular complexity index is 473. The molecule has 0 saturated carbocycles. The van der Waals surface area contributed by atoms with Crippen molar-refractivity contribution in [3.05, 3.63) is 29.8 Å². The molecule has 3 N–H and O–H groups in total. The van der Waals surface area contributed by atoms with E-state index in [1.54, 1.807) is 0 Å². The summed E-state index contributed by atoms with van der Waals surface area (Å²) in [4.78, 5) is 24.1. The summed E-state index contributed by atoms with van der Waals surface area (Å²) in [6, 6.07) is 7.45. The minimum absolute atomic E-state index is 0.284. The summed E-state index contributed by atoms with van der Waals surface area (Å²) in [5, 5.41) is 9.20. The summed E-state index contributed by atoms with van der Waals surface area (Å²) in [7, 11) is 0. The van der Waals surface area contributed by atoms with Crippen LogP contribution in [0.3, 0.4) is 0 Å². The van der Waals surface area contributed by atoms with E-state index in [0.717, 1.165) is 11.3 Å². The molecule has 5 heteroatoms. The molecule has 1 unspecified atom stereocenters. The van der Waals surface area contributed by atoms with E-state index in [0.29, 0.717) is 19.5 Å². The molecule has 1 aromatic rings. The fraction of sp³-hybridized carbons (Fsp3) is 0.385. The van der Waals surface area contributed by atoms with Crippen LogP contribution in [0.5, 0.6) is 0 Å². The lowest BCUT2D eigenvalue weighted by Gasteiger charge is -2.34. The van der Waals surface area contributed by atoms with Crippen LogP contribution in [-0.2, 0) is 9.59 Å². The van der Waals surface area contributed by atoms with Crippen molar-refractivity contribution in [3.8, 4) is 0 Å². The summed E-state index contributed by atoms with van der Waals surface area (Å²) in [6.45, 7) is 1.18. The summed E-state index contributed by atoms with van der Waals surface area (Å²) in [5.41, 5.74) is 6.87. The molecule has 1 aliphatic rings. The monoisotopic (exact) mass is 248 g/mol. The van der Waals surface area contributed by atoms with E-state index in [1.165, 1.54) is 0 Å². The number of hydrogen-bond acceptors (Lipinski definition) is 3. The zero-order valence-corrected chi connectivity index (χ0v) is 10.0. The van der Waals surface area contributed by atoms with Crippen molar-refractivity contribution in [1.29, 1.82) is 0 Å². The predicted octanol–water partition coefficient (Wildman–Crippen LogP) is 0.940.